The Balaban J connectivity index is 1.70. The molecule has 0 unspecified atom stereocenters. The maximum Gasteiger partial charge on any atom is 0.417 e. The summed E-state index contributed by atoms with van der Waals surface area (Å²) in [4.78, 5) is 25.0. The quantitative estimate of drug-likeness (QED) is 0.695. The maximum absolute atomic E-state index is 13.0. The number of hydrogen-bond acceptors (Lipinski definition) is 4. The first kappa shape index (κ1) is 22.3. The number of rotatable bonds is 4. The largest absolute Gasteiger partial charge is 0.417 e. The van der Waals surface area contributed by atoms with E-state index in [1.54, 1.807) is 12.1 Å². The van der Waals surface area contributed by atoms with Crippen LogP contribution in [0.2, 0.25) is 5.02 Å². The Labute approximate surface area is 175 Å². The van der Waals surface area contributed by atoms with Crippen LogP contribution in [0.3, 0.4) is 0 Å². The van der Waals surface area contributed by atoms with Crippen LogP contribution in [0.15, 0.2) is 52.3 Å². The monoisotopic (exact) mass is 463 g/mol. The summed E-state index contributed by atoms with van der Waals surface area (Å²) in [7, 11) is -4.19. The minimum Gasteiger partial charge on any atom is -0.339 e. The van der Waals surface area contributed by atoms with Crippen LogP contribution in [0, 0.1) is 0 Å². The molecule has 7 nitrogen and oxygen atoms in total. The molecule has 0 saturated carbocycles. The van der Waals surface area contributed by atoms with Gasteiger partial charge in [-0.3, -0.25) is 9.59 Å². The number of halogens is 4. The van der Waals surface area contributed by atoms with Crippen LogP contribution in [-0.2, 0) is 27.5 Å². The van der Waals surface area contributed by atoms with E-state index in [0.717, 1.165) is 16.4 Å². The fourth-order valence-corrected chi connectivity index (χ4v) is 4.72. The van der Waals surface area contributed by atoms with E-state index in [-0.39, 0.29) is 44.2 Å². The minimum absolute atomic E-state index is 0.0549. The molecule has 1 fully saturated rings. The topological polar surface area (TPSA) is 79.7 Å². The fraction of sp³-hybridized carbons (Fsp3) is 0.333. The Morgan fingerprint density at radius 2 is 1.73 bits per heavy atom. The van der Waals surface area contributed by atoms with Crippen molar-refractivity contribution in [3.8, 4) is 0 Å². The summed E-state index contributed by atoms with van der Waals surface area (Å²) < 4.78 is 66.9. The number of sulfonamides is 1. The number of aromatic nitrogens is 1. The lowest BCUT2D eigenvalue weighted by atomic mass is 10.2. The molecular formula is C18H17ClF3N3O4S. The molecule has 3 rings (SSSR count). The molecule has 2 aromatic rings. The van der Waals surface area contributed by atoms with Gasteiger partial charge in [-0.15, -0.1) is 0 Å². The number of piperazine rings is 1. The van der Waals surface area contributed by atoms with Crippen LogP contribution < -0.4 is 5.56 Å². The smallest absolute Gasteiger partial charge is 0.339 e. The zero-order chi connectivity index (χ0) is 22.1. The molecule has 1 amide bonds. The molecule has 0 aliphatic carbocycles. The van der Waals surface area contributed by atoms with Gasteiger partial charge in [-0.05, 0) is 24.3 Å². The first-order valence-electron chi connectivity index (χ1n) is 8.80. The summed E-state index contributed by atoms with van der Waals surface area (Å²) in [6, 6.07) is 6.91. The number of benzene rings is 1. The van der Waals surface area contributed by atoms with E-state index in [9.17, 15) is 31.2 Å². The molecule has 30 heavy (non-hydrogen) atoms. The summed E-state index contributed by atoms with van der Waals surface area (Å²) in [6.07, 6.45) is -3.32. The van der Waals surface area contributed by atoms with Crippen LogP contribution >= 0.6 is 11.6 Å². The number of amides is 1. The SMILES string of the molecule is O=C(Cn1ccccc1=O)N1CCN(S(=O)(=O)c2ccc(Cl)c(C(F)(F)F)c2)CC1. The number of pyridine rings is 1. The molecule has 0 radical (unpaired) electrons. The molecule has 1 aromatic heterocycles. The average Bonchev–Trinajstić information content (AvgIpc) is 2.69. The fourth-order valence-electron chi connectivity index (χ4n) is 3.05. The standard InChI is InChI=1S/C18H17ClF3N3O4S/c19-15-5-4-13(11-14(15)18(20,21)22)30(28,29)25-9-7-23(8-10-25)17(27)12-24-6-2-1-3-16(24)26/h1-6,11H,7-10,12H2. The van der Waals surface area contributed by atoms with Gasteiger partial charge in [0.1, 0.15) is 6.54 Å². The van der Waals surface area contributed by atoms with Crippen LogP contribution in [0.4, 0.5) is 13.2 Å². The first-order valence-corrected chi connectivity index (χ1v) is 10.6. The second-order valence-corrected chi connectivity index (χ2v) is 8.94. The lowest BCUT2D eigenvalue weighted by Crippen LogP contribution is -2.51. The summed E-state index contributed by atoms with van der Waals surface area (Å²) in [5.74, 6) is -0.355. The highest BCUT2D eigenvalue weighted by Gasteiger charge is 2.36. The van der Waals surface area contributed by atoms with Crippen molar-refractivity contribution < 1.29 is 26.4 Å². The van der Waals surface area contributed by atoms with Gasteiger partial charge in [-0.25, -0.2) is 8.42 Å². The number of hydrogen-bond donors (Lipinski definition) is 0. The van der Waals surface area contributed by atoms with Gasteiger partial charge in [0, 0.05) is 38.4 Å². The van der Waals surface area contributed by atoms with Crippen molar-refractivity contribution >= 4 is 27.5 Å². The third-order valence-electron chi connectivity index (χ3n) is 4.68. The Bertz CT molecular complexity index is 1110. The lowest BCUT2D eigenvalue weighted by Gasteiger charge is -2.34. The second kappa shape index (κ2) is 8.40. The zero-order valence-corrected chi connectivity index (χ0v) is 17.0. The van der Waals surface area contributed by atoms with E-state index in [1.807, 2.05) is 0 Å². The van der Waals surface area contributed by atoms with Gasteiger partial charge < -0.3 is 9.47 Å². The van der Waals surface area contributed by atoms with Crippen LogP contribution in [0.1, 0.15) is 5.56 Å². The predicted molar refractivity (Wildman–Crippen MR) is 102 cm³/mol. The Morgan fingerprint density at radius 3 is 2.33 bits per heavy atom. The minimum atomic E-state index is -4.79. The predicted octanol–water partition coefficient (Wildman–Crippen LogP) is 2.05. The molecule has 12 heteroatoms. The molecule has 0 bridgehead atoms. The maximum atomic E-state index is 13.0. The van der Waals surface area contributed by atoms with Crippen LogP contribution in [0.25, 0.3) is 0 Å². The Hall–Kier alpha value is -2.37. The van der Waals surface area contributed by atoms with E-state index < -0.39 is 31.7 Å². The molecule has 1 aliphatic heterocycles. The van der Waals surface area contributed by atoms with Gasteiger partial charge in [0.15, 0.2) is 0 Å². The molecule has 2 heterocycles. The van der Waals surface area contributed by atoms with E-state index in [1.165, 1.54) is 21.7 Å². The molecule has 0 atom stereocenters. The molecule has 0 spiro atoms. The van der Waals surface area contributed by atoms with Crippen molar-refractivity contribution in [3.05, 3.63) is 63.5 Å². The number of alkyl halides is 3. The summed E-state index contributed by atoms with van der Waals surface area (Å²) in [6.45, 7) is -0.235. The van der Waals surface area contributed by atoms with Crippen molar-refractivity contribution in [1.29, 1.82) is 0 Å². The van der Waals surface area contributed by atoms with Crippen molar-refractivity contribution in [3.63, 3.8) is 0 Å². The third kappa shape index (κ3) is 4.68. The van der Waals surface area contributed by atoms with Gasteiger partial charge >= 0.3 is 6.18 Å². The van der Waals surface area contributed by atoms with Crippen LogP contribution in [0.5, 0.6) is 0 Å². The van der Waals surface area contributed by atoms with Gasteiger partial charge in [0.25, 0.3) is 5.56 Å². The molecule has 162 valence electrons. The molecule has 1 aliphatic rings. The Kier molecular flexibility index (Phi) is 6.25. The van der Waals surface area contributed by atoms with Crippen LogP contribution in [-0.4, -0.2) is 54.3 Å². The summed E-state index contributed by atoms with van der Waals surface area (Å²) in [5.41, 5.74) is -1.57. The van der Waals surface area contributed by atoms with Gasteiger partial charge in [-0.2, -0.15) is 17.5 Å². The van der Waals surface area contributed by atoms with Crippen molar-refractivity contribution in [1.82, 2.24) is 13.8 Å². The molecule has 0 N–H and O–H groups in total. The highest BCUT2D eigenvalue weighted by Crippen LogP contribution is 2.36. The Morgan fingerprint density at radius 1 is 1.07 bits per heavy atom. The van der Waals surface area contributed by atoms with Gasteiger partial charge in [0.2, 0.25) is 15.9 Å². The van der Waals surface area contributed by atoms with Crippen molar-refractivity contribution in [2.45, 2.75) is 17.6 Å². The van der Waals surface area contributed by atoms with Gasteiger partial charge in [-0.1, -0.05) is 17.7 Å². The highest BCUT2D eigenvalue weighted by molar-refractivity contribution is 7.89. The first-order chi connectivity index (χ1) is 14.0. The van der Waals surface area contributed by atoms with E-state index in [4.69, 9.17) is 11.6 Å². The molecular weight excluding hydrogens is 447 g/mol. The zero-order valence-electron chi connectivity index (χ0n) is 15.5. The normalized spacial score (nSPS) is 15.9. The second-order valence-electron chi connectivity index (χ2n) is 6.59. The van der Waals surface area contributed by atoms with E-state index in [2.05, 4.69) is 0 Å². The molecule has 1 aromatic carbocycles. The summed E-state index contributed by atoms with van der Waals surface area (Å²) >= 11 is 5.55. The lowest BCUT2D eigenvalue weighted by molar-refractivity contribution is -0.137. The van der Waals surface area contributed by atoms with E-state index >= 15 is 0 Å². The number of nitrogens with zero attached hydrogens (tertiary/aromatic N) is 3. The number of carbonyl (C=O) groups is 1. The molecule has 1 saturated heterocycles. The third-order valence-corrected chi connectivity index (χ3v) is 6.90. The average molecular weight is 464 g/mol. The van der Waals surface area contributed by atoms with Crippen molar-refractivity contribution in [2.75, 3.05) is 26.2 Å². The van der Waals surface area contributed by atoms with Crippen molar-refractivity contribution in [2.24, 2.45) is 0 Å². The number of carbonyl (C=O) groups excluding carboxylic acids is 1. The summed E-state index contributed by atoms with van der Waals surface area (Å²) in [5, 5.41) is -0.590. The van der Waals surface area contributed by atoms with Gasteiger partial charge in [0.05, 0.1) is 15.5 Å². The van der Waals surface area contributed by atoms with E-state index in [0.29, 0.717) is 6.07 Å². The highest BCUT2D eigenvalue weighted by atomic mass is 35.5.